The first-order valence-corrected chi connectivity index (χ1v) is 15.8. The van der Waals surface area contributed by atoms with Gasteiger partial charge in [0.1, 0.15) is 35.7 Å². The first-order chi connectivity index (χ1) is 21.0. The molecule has 44 heavy (non-hydrogen) atoms. The number of benzene rings is 2. The van der Waals surface area contributed by atoms with Gasteiger partial charge in [-0.15, -0.1) is 0 Å². The highest BCUT2D eigenvalue weighted by molar-refractivity contribution is 9.10. The maximum atomic E-state index is 14.3. The van der Waals surface area contributed by atoms with E-state index < -0.39 is 39.6 Å². The van der Waals surface area contributed by atoms with Crippen molar-refractivity contribution in [1.82, 2.24) is 29.6 Å². The zero-order valence-corrected chi connectivity index (χ0v) is 26.1. The molecule has 4 aromatic rings. The lowest BCUT2D eigenvalue weighted by atomic mass is 10.0. The summed E-state index contributed by atoms with van der Waals surface area (Å²) < 4.78 is 47.0. The molecular weight excluding hydrogens is 659 g/mol. The van der Waals surface area contributed by atoms with Crippen LogP contribution in [0.1, 0.15) is 50.0 Å². The largest absolute Gasteiger partial charge is 0.364 e. The van der Waals surface area contributed by atoms with Crippen molar-refractivity contribution in [3.05, 3.63) is 99.6 Å². The zero-order chi connectivity index (χ0) is 31.6. The molecule has 15 heteroatoms. The van der Waals surface area contributed by atoms with Gasteiger partial charge in [0.15, 0.2) is 0 Å². The van der Waals surface area contributed by atoms with E-state index in [1.54, 1.807) is 12.1 Å². The van der Waals surface area contributed by atoms with Crippen molar-refractivity contribution in [2.45, 2.75) is 36.6 Å². The third-order valence-electron chi connectivity index (χ3n) is 7.35. The summed E-state index contributed by atoms with van der Waals surface area (Å²) in [5.41, 5.74) is 1.48. The number of amides is 3. The predicted octanol–water partition coefficient (Wildman–Crippen LogP) is 3.03. The van der Waals surface area contributed by atoms with E-state index in [0.29, 0.717) is 23.1 Å². The second kappa shape index (κ2) is 12.7. The van der Waals surface area contributed by atoms with E-state index in [4.69, 9.17) is 4.52 Å². The molecule has 230 valence electrons. The summed E-state index contributed by atoms with van der Waals surface area (Å²) in [5.74, 6) is -2.66. The van der Waals surface area contributed by atoms with Crippen LogP contribution in [0, 0.1) is 12.7 Å². The standard InChI is InChI=1S/C29H28BrFN6O6S/c1-17-3-6-21(7-4-17)44(41,42)37-14-20(33-16-37)12-25(28(39)32-2)34-27(38)23-15-43-35-26(23)18-9-10-36(13-18)29(40)22-11-19(30)5-8-24(22)31/h3-8,11,14-16,18,25H,9-10,12-13H2,1-2H3,(H,32,39)(H,34,38)/t18?,25-/m1/s1. The van der Waals surface area contributed by atoms with Crippen LogP contribution in [0.3, 0.4) is 0 Å². The fourth-order valence-corrected chi connectivity index (χ4v) is 6.47. The number of hydrogen-bond acceptors (Lipinski definition) is 8. The Morgan fingerprint density at radius 3 is 2.64 bits per heavy atom. The topological polar surface area (TPSA) is 156 Å². The minimum Gasteiger partial charge on any atom is -0.364 e. The van der Waals surface area contributed by atoms with E-state index in [9.17, 15) is 27.2 Å². The summed E-state index contributed by atoms with van der Waals surface area (Å²) in [6.07, 6.45) is 3.94. The third kappa shape index (κ3) is 6.43. The average molecular weight is 688 g/mol. The van der Waals surface area contributed by atoms with Crippen LogP contribution in [0.5, 0.6) is 0 Å². The smallest absolute Gasteiger partial charge is 0.268 e. The summed E-state index contributed by atoms with van der Waals surface area (Å²) in [4.78, 5) is 44.8. The molecule has 3 amide bonds. The molecule has 1 fully saturated rings. The number of imidazole rings is 1. The lowest BCUT2D eigenvalue weighted by molar-refractivity contribution is -0.122. The molecule has 5 rings (SSSR count). The van der Waals surface area contributed by atoms with Gasteiger partial charge >= 0.3 is 0 Å². The number of nitrogens with zero attached hydrogens (tertiary/aromatic N) is 4. The van der Waals surface area contributed by atoms with Gasteiger partial charge in [0.25, 0.3) is 21.8 Å². The van der Waals surface area contributed by atoms with Crippen LogP contribution in [0.15, 0.2) is 75.1 Å². The SMILES string of the molecule is CNC(=O)[C@@H](Cc1cn(S(=O)(=O)c2ccc(C)cc2)cn1)NC(=O)c1conc1C1CCN(C(=O)c2cc(Br)ccc2F)C1. The molecule has 0 radical (unpaired) electrons. The van der Waals surface area contributed by atoms with Crippen LogP contribution < -0.4 is 10.6 Å². The van der Waals surface area contributed by atoms with E-state index in [1.165, 1.54) is 48.5 Å². The summed E-state index contributed by atoms with van der Waals surface area (Å²) >= 11 is 3.25. The predicted molar refractivity (Wildman–Crippen MR) is 159 cm³/mol. The van der Waals surface area contributed by atoms with Crippen molar-refractivity contribution in [3.8, 4) is 0 Å². The van der Waals surface area contributed by atoms with Crippen molar-refractivity contribution < 1.29 is 31.7 Å². The molecule has 2 aromatic carbocycles. The van der Waals surface area contributed by atoms with Crippen molar-refractivity contribution in [3.63, 3.8) is 0 Å². The van der Waals surface area contributed by atoms with Gasteiger partial charge in [-0.1, -0.05) is 38.8 Å². The minimum absolute atomic E-state index is 0.0688. The first-order valence-electron chi connectivity index (χ1n) is 13.5. The fraction of sp³-hybridized carbons (Fsp3) is 0.276. The fourth-order valence-electron chi connectivity index (χ4n) is 4.95. The number of rotatable bonds is 9. The molecule has 0 bridgehead atoms. The van der Waals surface area contributed by atoms with Gasteiger partial charge in [0.05, 0.1) is 16.2 Å². The van der Waals surface area contributed by atoms with Crippen molar-refractivity contribution >= 4 is 43.7 Å². The highest BCUT2D eigenvalue weighted by atomic mass is 79.9. The summed E-state index contributed by atoms with van der Waals surface area (Å²) in [5, 5.41) is 9.15. The number of likely N-dealkylation sites (tertiary alicyclic amines) is 1. The number of likely N-dealkylation sites (N-methyl/N-ethyl adjacent to an activating group) is 1. The van der Waals surface area contributed by atoms with Crippen LogP contribution in [0.25, 0.3) is 0 Å². The van der Waals surface area contributed by atoms with Gasteiger partial charge in [-0.2, -0.15) is 0 Å². The number of nitrogens with one attached hydrogen (secondary N) is 2. The van der Waals surface area contributed by atoms with Gasteiger partial charge in [-0.3, -0.25) is 14.4 Å². The van der Waals surface area contributed by atoms with Crippen LogP contribution in [-0.4, -0.2) is 71.3 Å². The highest BCUT2D eigenvalue weighted by Crippen LogP contribution is 2.30. The Kier molecular flexibility index (Phi) is 8.97. The lowest BCUT2D eigenvalue weighted by Gasteiger charge is -2.18. The van der Waals surface area contributed by atoms with Gasteiger partial charge in [0.2, 0.25) is 5.91 Å². The normalized spacial score (nSPS) is 15.6. The van der Waals surface area contributed by atoms with Crippen molar-refractivity contribution in [2.75, 3.05) is 20.1 Å². The Balaban J connectivity index is 1.29. The molecule has 12 nitrogen and oxygen atoms in total. The molecule has 0 aliphatic carbocycles. The molecule has 2 aromatic heterocycles. The molecule has 1 saturated heterocycles. The van der Waals surface area contributed by atoms with E-state index in [-0.39, 0.29) is 40.6 Å². The molecular formula is C29H28BrFN6O6S. The Bertz CT molecular complexity index is 1820. The molecule has 1 unspecified atom stereocenters. The molecule has 2 N–H and O–H groups in total. The summed E-state index contributed by atoms with van der Waals surface area (Å²) in [7, 11) is -2.50. The third-order valence-corrected chi connectivity index (χ3v) is 9.47. The number of carbonyl (C=O) groups is 3. The first kappa shape index (κ1) is 31.1. The number of halogens is 2. The molecule has 0 spiro atoms. The van der Waals surface area contributed by atoms with Crippen LogP contribution in [-0.2, 0) is 21.2 Å². The van der Waals surface area contributed by atoms with E-state index >= 15 is 0 Å². The number of carbonyl (C=O) groups excluding carboxylic acids is 3. The Labute approximate surface area is 260 Å². The van der Waals surface area contributed by atoms with Crippen LogP contribution in [0.4, 0.5) is 4.39 Å². The Hall–Kier alpha value is -4.37. The molecule has 1 aliphatic rings. The molecule has 1 aliphatic heterocycles. The number of aromatic nitrogens is 3. The molecule has 0 saturated carbocycles. The summed E-state index contributed by atoms with van der Waals surface area (Å²) in [6, 6.07) is 9.38. The van der Waals surface area contributed by atoms with Crippen LogP contribution in [0.2, 0.25) is 0 Å². The molecule has 3 heterocycles. The van der Waals surface area contributed by atoms with Crippen molar-refractivity contribution in [1.29, 1.82) is 0 Å². The van der Waals surface area contributed by atoms with E-state index in [1.807, 2.05) is 6.92 Å². The van der Waals surface area contributed by atoms with E-state index in [2.05, 4.69) is 36.7 Å². The van der Waals surface area contributed by atoms with Gasteiger partial charge in [-0.25, -0.2) is 21.8 Å². The number of hydrogen-bond donors (Lipinski definition) is 2. The van der Waals surface area contributed by atoms with Crippen molar-refractivity contribution in [2.24, 2.45) is 0 Å². The highest BCUT2D eigenvalue weighted by Gasteiger charge is 2.34. The Morgan fingerprint density at radius 2 is 1.91 bits per heavy atom. The second-order valence-corrected chi connectivity index (χ2v) is 13.1. The monoisotopic (exact) mass is 686 g/mol. The zero-order valence-electron chi connectivity index (χ0n) is 23.7. The Morgan fingerprint density at radius 1 is 1.16 bits per heavy atom. The minimum atomic E-state index is -3.91. The quantitative estimate of drug-likeness (QED) is 0.272. The van der Waals surface area contributed by atoms with Gasteiger partial charge in [-0.05, 0) is 43.7 Å². The number of aryl methyl sites for hydroxylation is 1. The van der Waals surface area contributed by atoms with E-state index in [0.717, 1.165) is 22.1 Å². The van der Waals surface area contributed by atoms with Gasteiger partial charge < -0.3 is 20.1 Å². The maximum Gasteiger partial charge on any atom is 0.268 e. The summed E-state index contributed by atoms with van der Waals surface area (Å²) in [6.45, 7) is 2.35. The van der Waals surface area contributed by atoms with Crippen LogP contribution >= 0.6 is 15.9 Å². The second-order valence-electron chi connectivity index (χ2n) is 10.3. The lowest BCUT2D eigenvalue weighted by Crippen LogP contribution is -2.47. The molecule has 2 atom stereocenters. The average Bonchev–Trinajstić information content (AvgIpc) is 3.78. The van der Waals surface area contributed by atoms with Gasteiger partial charge in [0, 0.05) is 43.1 Å². The maximum absolute atomic E-state index is 14.3.